The van der Waals surface area contributed by atoms with Crippen LogP contribution in [0.25, 0.3) is 0 Å². The van der Waals surface area contributed by atoms with Crippen molar-refractivity contribution >= 4 is 20.1 Å². The highest BCUT2D eigenvalue weighted by atomic mass is 32.2. The molecule has 0 saturated heterocycles. The highest BCUT2D eigenvalue weighted by molar-refractivity contribution is 7.90. The van der Waals surface area contributed by atoms with Gasteiger partial charge in [-0.2, -0.15) is 83.1 Å². The van der Waals surface area contributed by atoms with Gasteiger partial charge in [-0.1, -0.05) is 0 Å². The first-order valence-electron chi connectivity index (χ1n) is 10.5. The fourth-order valence-electron chi connectivity index (χ4n) is 3.08. The second-order valence-corrected chi connectivity index (χ2v) is 12.8. The van der Waals surface area contributed by atoms with Gasteiger partial charge in [0.25, 0.3) is 20.1 Å². The lowest BCUT2D eigenvalue weighted by molar-refractivity contribution is -0.893. The van der Waals surface area contributed by atoms with Gasteiger partial charge in [-0.25, -0.2) is 13.1 Å². The lowest BCUT2D eigenvalue weighted by Crippen LogP contribution is -2.75. The standard InChI is InChI=1S/C16H19F17N2O6S2/c1-35(2,6-8(36)7-42(37,38)39)5-3-4-34-43(40,41)16(32,33)14(27,28)12(23,24)10(19,20)9(17,18)11(21,22)13(25,26)15(29,30)31/h8,34,36H,3-7H2,1-2H3/p+1. The van der Waals surface area contributed by atoms with E-state index in [1.165, 1.54) is 0 Å². The van der Waals surface area contributed by atoms with Crippen LogP contribution in [0.3, 0.4) is 0 Å². The molecule has 0 saturated carbocycles. The minimum Gasteiger partial charge on any atom is -0.386 e. The molecule has 1 unspecified atom stereocenters. The lowest BCUT2D eigenvalue weighted by Gasteiger charge is -2.42. The van der Waals surface area contributed by atoms with Crippen LogP contribution in [0.1, 0.15) is 6.42 Å². The van der Waals surface area contributed by atoms with Gasteiger partial charge in [-0.3, -0.25) is 4.55 Å². The molecular weight excluding hydrogens is 703 g/mol. The van der Waals surface area contributed by atoms with Crippen LogP contribution < -0.4 is 4.72 Å². The lowest BCUT2D eigenvalue weighted by atomic mass is 9.91. The number of alkyl halides is 17. The normalized spacial score (nSPS) is 16.9. The molecule has 0 heterocycles. The van der Waals surface area contributed by atoms with Crippen molar-refractivity contribution in [2.75, 3.05) is 39.5 Å². The maximum absolute atomic E-state index is 14.0. The van der Waals surface area contributed by atoms with Crippen molar-refractivity contribution in [2.24, 2.45) is 0 Å². The quantitative estimate of drug-likeness (QED) is 0.0970. The molecule has 0 fully saturated rings. The average molecular weight is 723 g/mol. The summed E-state index contributed by atoms with van der Waals surface area (Å²) >= 11 is 0. The van der Waals surface area contributed by atoms with E-state index in [0.717, 1.165) is 14.1 Å². The molecular formula is C16H20F17N2O6S2+. The number of likely N-dealkylation sites (N-methyl/N-ethyl adjacent to an activating group) is 1. The van der Waals surface area contributed by atoms with Gasteiger partial charge < -0.3 is 9.59 Å². The summed E-state index contributed by atoms with van der Waals surface area (Å²) in [4.78, 5) is 0. The number of aliphatic hydroxyl groups is 1. The van der Waals surface area contributed by atoms with Crippen LogP contribution in [-0.4, -0.2) is 124 Å². The molecule has 0 spiro atoms. The molecule has 0 aromatic carbocycles. The predicted octanol–water partition coefficient (Wildman–Crippen LogP) is 3.59. The van der Waals surface area contributed by atoms with Crippen LogP contribution in [-0.2, 0) is 20.1 Å². The number of nitrogens with zero attached hydrogens (tertiary/aromatic N) is 1. The minimum atomic E-state index is -8.93. The van der Waals surface area contributed by atoms with Crippen molar-refractivity contribution < 1.29 is 106 Å². The van der Waals surface area contributed by atoms with E-state index in [4.69, 9.17) is 4.55 Å². The number of rotatable bonds is 16. The molecule has 3 N–H and O–H groups in total. The molecule has 0 aromatic rings. The summed E-state index contributed by atoms with van der Waals surface area (Å²) in [6.45, 7) is -2.64. The Labute approximate surface area is 230 Å². The third-order valence-corrected chi connectivity index (χ3v) is 7.69. The van der Waals surface area contributed by atoms with Crippen LogP contribution >= 0.6 is 0 Å². The van der Waals surface area contributed by atoms with Crippen molar-refractivity contribution in [3.63, 3.8) is 0 Å². The summed E-state index contributed by atoms with van der Waals surface area (Å²) in [6.07, 6.45) is -10.6. The Morgan fingerprint density at radius 2 is 1.00 bits per heavy atom. The maximum atomic E-state index is 14.0. The van der Waals surface area contributed by atoms with Crippen LogP contribution in [0.4, 0.5) is 74.6 Å². The molecule has 0 aliphatic carbocycles. The number of quaternary nitrogens is 1. The van der Waals surface area contributed by atoms with Gasteiger partial charge in [0.1, 0.15) is 18.4 Å². The van der Waals surface area contributed by atoms with Gasteiger partial charge >= 0.3 is 47.0 Å². The first kappa shape index (κ1) is 41.5. The molecule has 0 rings (SSSR count). The number of hydrogen-bond acceptors (Lipinski definition) is 5. The van der Waals surface area contributed by atoms with E-state index < -0.39 is 110 Å². The molecule has 0 amide bonds. The van der Waals surface area contributed by atoms with Crippen LogP contribution in [0.2, 0.25) is 0 Å². The number of halogens is 17. The third-order valence-electron chi connectivity index (χ3n) is 5.37. The average Bonchev–Trinajstić information content (AvgIpc) is 2.73. The summed E-state index contributed by atoms with van der Waals surface area (Å²) in [5.74, 6) is -53.3. The van der Waals surface area contributed by atoms with E-state index in [1.54, 1.807) is 0 Å². The van der Waals surface area contributed by atoms with E-state index in [2.05, 4.69) is 0 Å². The second kappa shape index (κ2) is 11.7. The van der Waals surface area contributed by atoms with E-state index in [1.807, 2.05) is 0 Å². The first-order chi connectivity index (χ1) is 18.3. The highest BCUT2D eigenvalue weighted by Gasteiger charge is 2.96. The Morgan fingerprint density at radius 1 is 0.651 bits per heavy atom. The molecule has 260 valence electrons. The van der Waals surface area contributed by atoms with E-state index in [-0.39, 0.29) is 0 Å². The zero-order valence-corrected chi connectivity index (χ0v) is 22.5. The molecule has 0 aromatic heterocycles. The summed E-state index contributed by atoms with van der Waals surface area (Å²) in [7, 11) is -9.89. The zero-order chi connectivity index (χ0) is 35.3. The monoisotopic (exact) mass is 723 g/mol. The van der Waals surface area contributed by atoms with Gasteiger partial charge in [0.05, 0.1) is 20.6 Å². The summed E-state index contributed by atoms with van der Waals surface area (Å²) in [6, 6.07) is 0. The SMILES string of the molecule is C[N+](C)(CCCNS(=O)(=O)C(F)(F)C(F)(F)C(F)(F)C(F)(F)C(F)(F)C(F)(F)C(F)(F)C(F)(F)F)CC(O)CS(=O)(=O)O. The van der Waals surface area contributed by atoms with Crippen LogP contribution in [0.5, 0.6) is 0 Å². The number of sulfonamides is 1. The fraction of sp³-hybridized carbons (Fsp3) is 1.00. The molecule has 0 aliphatic rings. The summed E-state index contributed by atoms with van der Waals surface area (Å²) < 4.78 is 279. The van der Waals surface area contributed by atoms with Gasteiger partial charge in [0, 0.05) is 13.0 Å². The van der Waals surface area contributed by atoms with E-state index in [0.29, 0.717) is 4.72 Å². The van der Waals surface area contributed by atoms with E-state index in [9.17, 15) is 96.6 Å². The zero-order valence-electron chi connectivity index (χ0n) is 20.8. The molecule has 43 heavy (non-hydrogen) atoms. The number of nitrogens with one attached hydrogen (secondary N) is 1. The van der Waals surface area contributed by atoms with E-state index >= 15 is 0 Å². The van der Waals surface area contributed by atoms with Gasteiger partial charge in [-0.05, 0) is 0 Å². The Bertz CT molecular complexity index is 1200. The summed E-state index contributed by atoms with van der Waals surface area (Å²) in [5.41, 5.74) is 0. The van der Waals surface area contributed by atoms with Crippen molar-refractivity contribution in [1.82, 2.24) is 4.72 Å². The highest BCUT2D eigenvalue weighted by Crippen LogP contribution is 2.64. The smallest absolute Gasteiger partial charge is 0.386 e. The van der Waals surface area contributed by atoms with Crippen LogP contribution in [0, 0.1) is 0 Å². The minimum absolute atomic E-state index is 0.457. The third kappa shape index (κ3) is 7.51. The Balaban J connectivity index is 6.17. The molecule has 0 bridgehead atoms. The van der Waals surface area contributed by atoms with Crippen LogP contribution in [0.15, 0.2) is 0 Å². The molecule has 1 atom stereocenters. The first-order valence-corrected chi connectivity index (χ1v) is 13.6. The molecule has 0 radical (unpaired) electrons. The Hall–Kier alpha value is -1.45. The van der Waals surface area contributed by atoms with Crippen molar-refractivity contribution in [3.8, 4) is 0 Å². The van der Waals surface area contributed by atoms with Crippen molar-refractivity contribution in [2.45, 2.75) is 59.5 Å². The number of hydrogen-bond donors (Lipinski definition) is 3. The van der Waals surface area contributed by atoms with Gasteiger partial charge in [0.2, 0.25) is 0 Å². The van der Waals surface area contributed by atoms with Crippen molar-refractivity contribution in [3.05, 3.63) is 0 Å². The molecule has 0 aliphatic heterocycles. The van der Waals surface area contributed by atoms with Crippen molar-refractivity contribution in [1.29, 1.82) is 0 Å². The number of aliphatic hydroxyl groups excluding tert-OH is 1. The fourth-order valence-corrected chi connectivity index (χ4v) is 4.73. The Kier molecular flexibility index (Phi) is 11.3. The molecule has 27 heteroatoms. The predicted molar refractivity (Wildman–Crippen MR) is 106 cm³/mol. The molecule has 8 nitrogen and oxygen atoms in total. The summed E-state index contributed by atoms with van der Waals surface area (Å²) in [5, 5.41) is 1.88. The Morgan fingerprint density at radius 3 is 1.35 bits per heavy atom. The maximum Gasteiger partial charge on any atom is 0.460 e. The van der Waals surface area contributed by atoms with Gasteiger partial charge in [0.15, 0.2) is 0 Å². The second-order valence-electron chi connectivity index (χ2n) is 9.46. The topological polar surface area (TPSA) is 121 Å². The van der Waals surface area contributed by atoms with Gasteiger partial charge in [-0.15, -0.1) is 0 Å². The largest absolute Gasteiger partial charge is 0.460 e.